The van der Waals surface area contributed by atoms with E-state index in [0.29, 0.717) is 50.3 Å². The molecule has 0 atom stereocenters. The van der Waals surface area contributed by atoms with Gasteiger partial charge in [-0.15, -0.1) is 0 Å². The molecule has 1 aliphatic heterocycles. The number of hydrogen-bond donors (Lipinski definition) is 1. The first kappa shape index (κ1) is 22.2. The lowest BCUT2D eigenvalue weighted by molar-refractivity contribution is 0.0639. The molecule has 9 nitrogen and oxygen atoms in total. The summed E-state index contributed by atoms with van der Waals surface area (Å²) in [5, 5.41) is 0. The van der Waals surface area contributed by atoms with Gasteiger partial charge in [-0.25, -0.2) is 0 Å². The monoisotopic (exact) mass is 440 g/mol. The second-order valence-corrected chi connectivity index (χ2v) is 7.57. The van der Waals surface area contributed by atoms with E-state index in [0.717, 1.165) is 0 Å². The number of benzene rings is 2. The predicted molar refractivity (Wildman–Crippen MR) is 106 cm³/mol. The third kappa shape index (κ3) is 6.77. The van der Waals surface area contributed by atoms with E-state index in [9.17, 15) is 13.0 Å². The second kappa shape index (κ2) is 11.0. The van der Waals surface area contributed by atoms with Crippen LogP contribution in [-0.4, -0.2) is 65.8 Å². The molecule has 1 N–H and O–H groups in total. The van der Waals surface area contributed by atoms with Gasteiger partial charge in [0, 0.05) is 6.07 Å². The first-order valence-electron chi connectivity index (χ1n) is 9.41. The lowest BCUT2D eigenvalue weighted by Crippen LogP contribution is -2.15. The largest absolute Gasteiger partial charge is 0.487 e. The van der Waals surface area contributed by atoms with Crippen molar-refractivity contribution in [3.63, 3.8) is 0 Å². The smallest absolute Gasteiger partial charge is 0.294 e. The molecule has 0 unspecified atom stereocenters. The first-order chi connectivity index (χ1) is 14.5. The zero-order chi connectivity index (χ0) is 21.2. The van der Waals surface area contributed by atoms with Gasteiger partial charge in [0.25, 0.3) is 10.1 Å². The summed E-state index contributed by atoms with van der Waals surface area (Å²) in [4.78, 5) is -0.284. The number of hydrogen-bond acceptors (Lipinski definition) is 8. The van der Waals surface area contributed by atoms with Gasteiger partial charge in [-0.1, -0.05) is 12.1 Å². The Morgan fingerprint density at radius 3 is 1.50 bits per heavy atom. The molecule has 2 aromatic carbocycles. The average Bonchev–Trinajstić information content (AvgIpc) is 2.72. The molecule has 1 aliphatic rings. The molecule has 2 aromatic rings. The molecule has 0 bridgehead atoms. The maximum Gasteiger partial charge on any atom is 0.294 e. The highest BCUT2D eigenvalue weighted by molar-refractivity contribution is 7.85. The van der Waals surface area contributed by atoms with Crippen molar-refractivity contribution in [2.45, 2.75) is 4.90 Å². The molecule has 10 heteroatoms. The van der Waals surface area contributed by atoms with E-state index in [4.69, 9.17) is 28.4 Å². The van der Waals surface area contributed by atoms with Crippen LogP contribution in [0.1, 0.15) is 0 Å². The van der Waals surface area contributed by atoms with E-state index in [-0.39, 0.29) is 30.5 Å². The fraction of sp³-hybridized carbons (Fsp3) is 0.400. The Kier molecular flexibility index (Phi) is 8.14. The van der Waals surface area contributed by atoms with Gasteiger partial charge in [-0.3, -0.25) is 4.55 Å². The standard InChI is InChI=1S/C20H24O9S/c21-30(22,23)16-5-6-19-20(15-16)29-14-10-25-8-12-27-18-4-2-1-3-17(18)26-11-7-24-9-13-28-19/h1-6,15H,7-14H2,(H,21,22,23). The van der Waals surface area contributed by atoms with Crippen molar-refractivity contribution in [1.82, 2.24) is 0 Å². The van der Waals surface area contributed by atoms with Gasteiger partial charge in [-0.2, -0.15) is 8.42 Å². The Morgan fingerprint density at radius 2 is 1.03 bits per heavy atom. The van der Waals surface area contributed by atoms with Crippen LogP contribution in [0.25, 0.3) is 0 Å². The number of fused-ring (bicyclic) bond motifs is 2. The van der Waals surface area contributed by atoms with Crippen LogP contribution in [0.15, 0.2) is 47.4 Å². The van der Waals surface area contributed by atoms with E-state index in [2.05, 4.69) is 0 Å². The minimum atomic E-state index is -4.36. The first-order valence-corrected chi connectivity index (χ1v) is 10.9. The normalized spacial score (nSPS) is 16.8. The van der Waals surface area contributed by atoms with Crippen molar-refractivity contribution in [2.75, 3.05) is 52.9 Å². The van der Waals surface area contributed by atoms with E-state index < -0.39 is 10.1 Å². The average molecular weight is 440 g/mol. The van der Waals surface area contributed by atoms with E-state index in [1.54, 1.807) is 0 Å². The Bertz CT molecular complexity index is 914. The van der Waals surface area contributed by atoms with E-state index in [1.807, 2.05) is 24.3 Å². The molecule has 30 heavy (non-hydrogen) atoms. The SMILES string of the molecule is O=S(=O)(O)c1ccc2c(c1)OCCOCCOc1ccccc1OCCOCCO2. The minimum absolute atomic E-state index is 0.154. The van der Waals surface area contributed by atoms with Crippen LogP contribution >= 0.6 is 0 Å². The van der Waals surface area contributed by atoms with E-state index in [1.165, 1.54) is 18.2 Å². The number of ether oxygens (including phenoxy) is 6. The third-order valence-corrected chi connectivity index (χ3v) is 4.85. The predicted octanol–water partition coefficient (Wildman–Crippen LogP) is 2.20. The quantitative estimate of drug-likeness (QED) is 0.667. The third-order valence-electron chi connectivity index (χ3n) is 4.00. The van der Waals surface area contributed by atoms with Crippen LogP contribution in [0, 0.1) is 0 Å². The summed E-state index contributed by atoms with van der Waals surface area (Å²) in [7, 11) is -4.36. The molecule has 0 saturated carbocycles. The number of para-hydroxylation sites is 2. The fourth-order valence-electron chi connectivity index (χ4n) is 2.62. The van der Waals surface area contributed by atoms with Crippen LogP contribution in [0.4, 0.5) is 0 Å². The molecule has 0 spiro atoms. The summed E-state index contributed by atoms with van der Waals surface area (Å²) < 4.78 is 65.6. The van der Waals surface area contributed by atoms with Crippen molar-refractivity contribution in [1.29, 1.82) is 0 Å². The Labute approximate surface area is 175 Å². The van der Waals surface area contributed by atoms with E-state index >= 15 is 0 Å². The molecule has 0 saturated heterocycles. The molecule has 164 valence electrons. The Morgan fingerprint density at radius 1 is 0.600 bits per heavy atom. The van der Waals surface area contributed by atoms with Crippen LogP contribution in [0.5, 0.6) is 23.0 Å². The maximum absolute atomic E-state index is 11.4. The number of rotatable bonds is 1. The van der Waals surface area contributed by atoms with Gasteiger partial charge in [0.2, 0.25) is 0 Å². The van der Waals surface area contributed by atoms with Gasteiger partial charge in [-0.05, 0) is 24.3 Å². The summed E-state index contributed by atoms with van der Waals surface area (Å²) >= 11 is 0. The molecular formula is C20H24O9S. The zero-order valence-corrected chi connectivity index (χ0v) is 17.1. The summed E-state index contributed by atoms with van der Waals surface area (Å²) in [6.07, 6.45) is 0. The maximum atomic E-state index is 11.4. The highest BCUT2D eigenvalue weighted by Gasteiger charge is 2.15. The van der Waals surface area contributed by atoms with Gasteiger partial charge in [0.1, 0.15) is 26.4 Å². The van der Waals surface area contributed by atoms with Gasteiger partial charge in [0.05, 0.1) is 31.3 Å². The summed E-state index contributed by atoms with van der Waals surface area (Å²) in [6.45, 7) is 2.27. The zero-order valence-electron chi connectivity index (χ0n) is 16.3. The summed E-state index contributed by atoms with van der Waals surface area (Å²) in [6, 6.07) is 11.2. The molecule has 0 fully saturated rings. The van der Waals surface area contributed by atoms with Crippen molar-refractivity contribution in [3.05, 3.63) is 42.5 Å². The highest BCUT2D eigenvalue weighted by atomic mass is 32.2. The molecule has 1 heterocycles. The Hall–Kier alpha value is -2.53. The topological polar surface area (TPSA) is 110 Å². The molecular weight excluding hydrogens is 416 g/mol. The summed E-state index contributed by atoms with van der Waals surface area (Å²) in [5.41, 5.74) is 0. The molecule has 0 radical (unpaired) electrons. The van der Waals surface area contributed by atoms with Crippen molar-refractivity contribution in [2.24, 2.45) is 0 Å². The van der Waals surface area contributed by atoms with Gasteiger partial charge in [0.15, 0.2) is 23.0 Å². The van der Waals surface area contributed by atoms with Crippen molar-refractivity contribution >= 4 is 10.1 Å². The highest BCUT2D eigenvalue weighted by Crippen LogP contribution is 2.30. The lowest BCUT2D eigenvalue weighted by atomic mass is 10.3. The Balaban J connectivity index is 1.64. The minimum Gasteiger partial charge on any atom is -0.487 e. The van der Waals surface area contributed by atoms with Crippen molar-refractivity contribution in [3.8, 4) is 23.0 Å². The van der Waals surface area contributed by atoms with Gasteiger partial charge < -0.3 is 28.4 Å². The summed E-state index contributed by atoms with van der Waals surface area (Å²) in [5.74, 6) is 1.77. The molecule has 0 aromatic heterocycles. The fourth-order valence-corrected chi connectivity index (χ4v) is 3.11. The molecule has 0 amide bonds. The van der Waals surface area contributed by atoms with Gasteiger partial charge >= 0.3 is 0 Å². The van der Waals surface area contributed by atoms with Crippen LogP contribution in [0.2, 0.25) is 0 Å². The van der Waals surface area contributed by atoms with Crippen LogP contribution in [-0.2, 0) is 19.6 Å². The van der Waals surface area contributed by atoms with Crippen molar-refractivity contribution < 1.29 is 41.4 Å². The van der Waals surface area contributed by atoms with Crippen LogP contribution in [0.3, 0.4) is 0 Å². The molecule has 3 rings (SSSR count). The molecule has 0 aliphatic carbocycles. The lowest BCUT2D eigenvalue weighted by Gasteiger charge is -2.15. The van der Waals surface area contributed by atoms with Crippen LogP contribution < -0.4 is 18.9 Å². The second-order valence-electron chi connectivity index (χ2n) is 6.15.